The number of aryl methyl sites for hydroxylation is 1. The molecule has 6 nitrogen and oxygen atoms in total. The Bertz CT molecular complexity index is 1260. The summed E-state index contributed by atoms with van der Waals surface area (Å²) in [6, 6.07) is 18.7. The summed E-state index contributed by atoms with van der Waals surface area (Å²) in [7, 11) is -1.38. The number of sulfonamides is 1. The summed E-state index contributed by atoms with van der Waals surface area (Å²) in [5.74, 6) is -5.77. The quantitative estimate of drug-likeness (QED) is 0.364. The molecular formula is C25H25F2N3O3S. The number of rotatable bonds is 9. The van der Waals surface area contributed by atoms with Gasteiger partial charge in [0.15, 0.2) is 0 Å². The van der Waals surface area contributed by atoms with Crippen LogP contribution in [0.5, 0.6) is 0 Å². The Balaban J connectivity index is 2.09. The number of benzene rings is 3. The zero-order chi connectivity index (χ0) is 24.9. The highest BCUT2D eigenvalue weighted by molar-refractivity contribution is 7.89. The third-order valence-corrected chi connectivity index (χ3v) is 6.40. The van der Waals surface area contributed by atoms with Gasteiger partial charge in [0.05, 0.1) is 4.90 Å². The normalized spacial score (nSPS) is 13.4. The van der Waals surface area contributed by atoms with Gasteiger partial charge in [-0.1, -0.05) is 78.4 Å². The van der Waals surface area contributed by atoms with E-state index in [1.165, 1.54) is 67.6 Å². The summed E-state index contributed by atoms with van der Waals surface area (Å²) in [6.45, 7) is 1.78. The van der Waals surface area contributed by atoms with Crippen molar-refractivity contribution in [2.24, 2.45) is 5.10 Å². The van der Waals surface area contributed by atoms with Crippen LogP contribution in [0.15, 0.2) is 94.9 Å². The number of alkyl halides is 2. The van der Waals surface area contributed by atoms with Crippen LogP contribution in [0, 0.1) is 6.92 Å². The van der Waals surface area contributed by atoms with E-state index < -0.39 is 33.5 Å². The Morgan fingerprint density at radius 3 is 1.97 bits per heavy atom. The van der Waals surface area contributed by atoms with E-state index in [1.807, 2.05) is 0 Å². The van der Waals surface area contributed by atoms with Crippen LogP contribution in [0.4, 0.5) is 8.78 Å². The van der Waals surface area contributed by atoms with E-state index in [1.54, 1.807) is 43.3 Å². The maximum atomic E-state index is 15.9. The number of ketones is 1. The van der Waals surface area contributed by atoms with Crippen molar-refractivity contribution >= 4 is 21.5 Å². The highest BCUT2D eigenvalue weighted by Crippen LogP contribution is 2.35. The molecule has 1 atom stereocenters. The Morgan fingerprint density at radius 2 is 1.44 bits per heavy atom. The van der Waals surface area contributed by atoms with Crippen molar-refractivity contribution in [2.75, 3.05) is 14.1 Å². The molecule has 0 saturated carbocycles. The molecule has 0 bridgehead atoms. The summed E-state index contributed by atoms with van der Waals surface area (Å²) < 4.78 is 59.9. The van der Waals surface area contributed by atoms with Gasteiger partial charge in [0.1, 0.15) is 11.8 Å². The molecule has 3 aromatic rings. The molecule has 0 radical (unpaired) electrons. The molecule has 0 fully saturated rings. The monoisotopic (exact) mass is 485 g/mol. The summed E-state index contributed by atoms with van der Waals surface area (Å²) in [6.07, 6.45) is 0. The number of nitrogens with one attached hydrogen (secondary N) is 1. The van der Waals surface area contributed by atoms with Gasteiger partial charge in [0, 0.05) is 19.7 Å². The average Bonchev–Trinajstić information content (AvgIpc) is 2.82. The van der Waals surface area contributed by atoms with Gasteiger partial charge in [-0.05, 0) is 24.6 Å². The molecule has 0 aliphatic rings. The largest absolute Gasteiger partial charge is 0.331 e. The van der Waals surface area contributed by atoms with Gasteiger partial charge < -0.3 is 5.01 Å². The molecule has 178 valence electrons. The number of carbonyl (C=O) groups excluding carboxylic acids is 1. The van der Waals surface area contributed by atoms with Crippen LogP contribution in [0.3, 0.4) is 0 Å². The first-order valence-corrected chi connectivity index (χ1v) is 11.9. The predicted molar refractivity (Wildman–Crippen MR) is 127 cm³/mol. The minimum absolute atomic E-state index is 0.0613. The lowest BCUT2D eigenvalue weighted by molar-refractivity contribution is -0.139. The lowest BCUT2D eigenvalue weighted by atomic mass is 9.93. The fourth-order valence-corrected chi connectivity index (χ4v) is 4.48. The maximum absolute atomic E-state index is 15.9. The average molecular weight is 486 g/mol. The molecule has 0 saturated heterocycles. The number of nitrogens with zero attached hydrogens (tertiary/aromatic N) is 2. The summed E-state index contributed by atoms with van der Waals surface area (Å²) in [5.41, 5.74) is 0.459. The van der Waals surface area contributed by atoms with Crippen LogP contribution in [-0.2, 0) is 14.8 Å². The molecule has 0 aromatic heterocycles. The van der Waals surface area contributed by atoms with Gasteiger partial charge in [-0.3, -0.25) is 4.79 Å². The van der Waals surface area contributed by atoms with Crippen molar-refractivity contribution in [3.05, 3.63) is 102 Å². The standard InChI is InChI=1S/C25H25F2N3O3S/c1-18-14-16-21(17-15-18)34(32,33)29-23(20-12-8-5-9-13-20)25(26,27)24(31)22(28-30(2)3)19-10-6-4-7-11-19/h4-17,23,29H,1-3H3/b28-22+. The number of halogens is 2. The van der Waals surface area contributed by atoms with Gasteiger partial charge in [0.2, 0.25) is 10.0 Å². The molecule has 0 amide bonds. The molecule has 0 aliphatic carbocycles. The van der Waals surface area contributed by atoms with Crippen LogP contribution in [0.1, 0.15) is 22.7 Å². The van der Waals surface area contributed by atoms with E-state index in [4.69, 9.17) is 0 Å². The van der Waals surface area contributed by atoms with Crippen molar-refractivity contribution in [1.82, 2.24) is 9.73 Å². The molecule has 9 heteroatoms. The molecule has 1 unspecified atom stereocenters. The Kier molecular flexibility index (Phi) is 7.58. The molecule has 0 spiro atoms. The third-order valence-electron chi connectivity index (χ3n) is 4.96. The van der Waals surface area contributed by atoms with Crippen molar-refractivity contribution in [2.45, 2.75) is 23.8 Å². The SMILES string of the molecule is Cc1ccc(S(=O)(=O)NC(c2ccccc2)C(F)(F)C(=O)/C(=N/N(C)C)c2ccccc2)cc1. The van der Waals surface area contributed by atoms with Gasteiger partial charge in [-0.25, -0.2) is 8.42 Å². The van der Waals surface area contributed by atoms with Crippen LogP contribution in [-0.4, -0.2) is 44.9 Å². The topological polar surface area (TPSA) is 78.8 Å². The summed E-state index contributed by atoms with van der Waals surface area (Å²) >= 11 is 0. The minimum atomic E-state index is -4.39. The van der Waals surface area contributed by atoms with Crippen LogP contribution in [0.25, 0.3) is 0 Å². The van der Waals surface area contributed by atoms with Gasteiger partial charge >= 0.3 is 5.92 Å². The van der Waals surface area contributed by atoms with E-state index in [9.17, 15) is 13.2 Å². The second kappa shape index (κ2) is 10.2. The van der Waals surface area contributed by atoms with Gasteiger partial charge in [-0.2, -0.15) is 18.6 Å². The Morgan fingerprint density at radius 1 is 0.912 bits per heavy atom. The van der Waals surface area contributed by atoms with Gasteiger partial charge in [-0.15, -0.1) is 0 Å². The maximum Gasteiger partial charge on any atom is 0.331 e. The highest BCUT2D eigenvalue weighted by Gasteiger charge is 2.51. The number of hydrogen-bond acceptors (Lipinski definition) is 5. The zero-order valence-corrected chi connectivity index (χ0v) is 19.8. The third kappa shape index (κ3) is 5.73. The molecule has 1 N–H and O–H groups in total. The first-order valence-electron chi connectivity index (χ1n) is 10.4. The van der Waals surface area contributed by atoms with E-state index in [0.29, 0.717) is 0 Å². The van der Waals surface area contributed by atoms with Crippen molar-refractivity contribution in [3.8, 4) is 0 Å². The number of hydrogen-bond donors (Lipinski definition) is 1. The van der Waals surface area contributed by atoms with Crippen molar-refractivity contribution in [1.29, 1.82) is 0 Å². The van der Waals surface area contributed by atoms with E-state index in [-0.39, 0.29) is 16.0 Å². The minimum Gasteiger partial charge on any atom is -0.302 e. The Hall–Kier alpha value is -3.43. The molecule has 0 heterocycles. The van der Waals surface area contributed by atoms with E-state index in [0.717, 1.165) is 5.56 Å². The van der Waals surface area contributed by atoms with Crippen molar-refractivity contribution < 1.29 is 22.0 Å². The number of hydrazone groups is 1. The lowest BCUT2D eigenvalue weighted by Crippen LogP contribution is -2.48. The number of carbonyl (C=O) groups is 1. The van der Waals surface area contributed by atoms with Crippen LogP contribution in [0.2, 0.25) is 0 Å². The van der Waals surface area contributed by atoms with E-state index in [2.05, 4.69) is 9.82 Å². The second-order valence-corrected chi connectivity index (χ2v) is 9.61. The van der Waals surface area contributed by atoms with Crippen LogP contribution < -0.4 is 4.72 Å². The first-order chi connectivity index (χ1) is 16.0. The molecule has 34 heavy (non-hydrogen) atoms. The molecular weight excluding hydrogens is 460 g/mol. The molecule has 0 aliphatic heterocycles. The lowest BCUT2D eigenvalue weighted by Gasteiger charge is -2.27. The Labute approximate surface area is 198 Å². The summed E-state index contributed by atoms with van der Waals surface area (Å²) in [5, 5.41) is 5.24. The predicted octanol–water partition coefficient (Wildman–Crippen LogP) is 4.18. The molecule has 3 rings (SSSR count). The smallest absolute Gasteiger partial charge is 0.302 e. The summed E-state index contributed by atoms with van der Waals surface area (Å²) in [4.78, 5) is 13.1. The van der Waals surface area contributed by atoms with Crippen LogP contribution >= 0.6 is 0 Å². The fourth-order valence-electron chi connectivity index (χ4n) is 3.26. The first kappa shape index (κ1) is 25.2. The van der Waals surface area contributed by atoms with Gasteiger partial charge in [0.25, 0.3) is 5.78 Å². The second-order valence-electron chi connectivity index (χ2n) is 7.89. The fraction of sp³-hybridized carbons (Fsp3) is 0.200. The molecule has 3 aromatic carbocycles. The number of Topliss-reactive ketones (excluding diaryl/α,β-unsaturated/α-hetero) is 1. The van der Waals surface area contributed by atoms with Crippen molar-refractivity contribution in [3.63, 3.8) is 0 Å². The highest BCUT2D eigenvalue weighted by atomic mass is 32.2. The van der Waals surface area contributed by atoms with E-state index >= 15 is 8.78 Å². The zero-order valence-electron chi connectivity index (χ0n) is 18.9.